The minimum atomic E-state index is -0.225. The van der Waals surface area contributed by atoms with Gasteiger partial charge < -0.3 is 10.1 Å². The molecule has 0 unspecified atom stereocenters. The fraction of sp³-hybridized carbons (Fsp3) is 0.154. The van der Waals surface area contributed by atoms with Crippen molar-refractivity contribution in [1.82, 2.24) is 4.98 Å². The van der Waals surface area contributed by atoms with Crippen LogP contribution in [0, 0.1) is 5.82 Å². The van der Waals surface area contributed by atoms with Crippen LogP contribution in [-0.4, -0.2) is 12.1 Å². The highest BCUT2D eigenvalue weighted by molar-refractivity contribution is 5.45. The van der Waals surface area contributed by atoms with Crippen LogP contribution in [0.15, 0.2) is 42.6 Å². The summed E-state index contributed by atoms with van der Waals surface area (Å²) in [5, 5.41) is 3.18. The van der Waals surface area contributed by atoms with E-state index in [1.165, 1.54) is 12.1 Å². The van der Waals surface area contributed by atoms with Gasteiger partial charge in [-0.15, -0.1) is 0 Å². The Labute approximate surface area is 99.3 Å². The lowest BCUT2D eigenvalue weighted by molar-refractivity contribution is 0.398. The van der Waals surface area contributed by atoms with Crippen LogP contribution >= 0.6 is 0 Å². The first-order valence-electron chi connectivity index (χ1n) is 5.26. The average Bonchev–Trinajstić information content (AvgIpc) is 2.37. The molecule has 0 spiro atoms. The molecule has 0 atom stereocenters. The van der Waals surface area contributed by atoms with Crippen LogP contribution in [-0.2, 0) is 6.54 Å². The number of aromatic nitrogens is 1. The van der Waals surface area contributed by atoms with Gasteiger partial charge in [0.1, 0.15) is 5.82 Å². The maximum absolute atomic E-state index is 13.0. The van der Waals surface area contributed by atoms with Crippen molar-refractivity contribution in [2.45, 2.75) is 6.54 Å². The van der Waals surface area contributed by atoms with Crippen molar-refractivity contribution in [3.8, 4) is 5.88 Å². The zero-order chi connectivity index (χ0) is 12.1. The number of hydrogen-bond acceptors (Lipinski definition) is 3. The van der Waals surface area contributed by atoms with E-state index < -0.39 is 0 Å². The second-order valence-corrected chi connectivity index (χ2v) is 3.57. The molecule has 17 heavy (non-hydrogen) atoms. The first-order chi connectivity index (χ1) is 8.28. The van der Waals surface area contributed by atoms with Gasteiger partial charge in [0.05, 0.1) is 7.11 Å². The van der Waals surface area contributed by atoms with E-state index in [0.29, 0.717) is 12.4 Å². The van der Waals surface area contributed by atoms with Crippen LogP contribution in [0.25, 0.3) is 0 Å². The number of methoxy groups -OCH3 is 1. The Bertz CT molecular complexity index is 502. The van der Waals surface area contributed by atoms with Gasteiger partial charge in [0, 0.05) is 24.5 Å². The van der Waals surface area contributed by atoms with E-state index in [9.17, 15) is 4.39 Å². The maximum Gasteiger partial charge on any atom is 0.214 e. The normalized spacial score (nSPS) is 10.0. The summed E-state index contributed by atoms with van der Waals surface area (Å²) in [5.74, 6) is 0.325. The molecular formula is C13H13FN2O. The Morgan fingerprint density at radius 1 is 1.29 bits per heavy atom. The van der Waals surface area contributed by atoms with Crippen LogP contribution < -0.4 is 10.1 Å². The second kappa shape index (κ2) is 5.30. The third-order valence-corrected chi connectivity index (χ3v) is 2.33. The molecule has 1 aromatic heterocycles. The molecule has 0 radical (unpaired) electrons. The maximum atomic E-state index is 13.0. The first-order valence-corrected chi connectivity index (χ1v) is 5.26. The summed E-state index contributed by atoms with van der Waals surface area (Å²) in [6.07, 6.45) is 1.66. The molecule has 3 nitrogen and oxygen atoms in total. The molecule has 1 aromatic carbocycles. The molecular weight excluding hydrogens is 219 g/mol. The van der Waals surface area contributed by atoms with E-state index in [1.54, 1.807) is 25.4 Å². The molecule has 0 fully saturated rings. The van der Waals surface area contributed by atoms with Crippen molar-refractivity contribution in [3.05, 3.63) is 54.0 Å². The number of halogens is 1. The molecule has 0 amide bonds. The number of benzene rings is 1. The van der Waals surface area contributed by atoms with Gasteiger partial charge in [-0.1, -0.05) is 12.1 Å². The van der Waals surface area contributed by atoms with Crippen molar-refractivity contribution in [3.63, 3.8) is 0 Å². The van der Waals surface area contributed by atoms with Crippen molar-refractivity contribution >= 4 is 5.69 Å². The minimum Gasteiger partial charge on any atom is -0.481 e. The number of nitrogens with zero attached hydrogens (tertiary/aromatic N) is 1. The Kier molecular flexibility index (Phi) is 3.55. The standard InChI is InChI=1S/C13H13FN2O/c1-17-13-8-12(5-6-15-13)16-9-10-3-2-4-11(14)7-10/h2-8H,9H2,1H3,(H,15,16). The van der Waals surface area contributed by atoms with Crippen LogP contribution in [0.2, 0.25) is 0 Å². The molecule has 88 valence electrons. The number of pyridine rings is 1. The summed E-state index contributed by atoms with van der Waals surface area (Å²) in [7, 11) is 1.57. The zero-order valence-electron chi connectivity index (χ0n) is 9.48. The van der Waals surface area contributed by atoms with Gasteiger partial charge in [-0.05, 0) is 23.8 Å². The van der Waals surface area contributed by atoms with Gasteiger partial charge in [-0.2, -0.15) is 0 Å². The molecule has 1 N–H and O–H groups in total. The summed E-state index contributed by atoms with van der Waals surface area (Å²) < 4.78 is 18.0. The number of rotatable bonds is 4. The highest BCUT2D eigenvalue weighted by atomic mass is 19.1. The van der Waals surface area contributed by atoms with Gasteiger partial charge in [-0.25, -0.2) is 9.37 Å². The van der Waals surface area contributed by atoms with Gasteiger partial charge in [-0.3, -0.25) is 0 Å². The molecule has 4 heteroatoms. The first kappa shape index (κ1) is 11.4. The van der Waals surface area contributed by atoms with Crippen molar-refractivity contribution in [2.75, 3.05) is 12.4 Å². The Hall–Kier alpha value is -2.10. The van der Waals surface area contributed by atoms with Crippen LogP contribution in [0.1, 0.15) is 5.56 Å². The minimum absolute atomic E-state index is 0.225. The van der Waals surface area contributed by atoms with Gasteiger partial charge in [0.15, 0.2) is 0 Å². The summed E-state index contributed by atoms with van der Waals surface area (Å²) in [4.78, 5) is 4.00. The molecule has 1 heterocycles. The third-order valence-electron chi connectivity index (χ3n) is 2.33. The second-order valence-electron chi connectivity index (χ2n) is 3.57. The molecule has 0 saturated carbocycles. The molecule has 0 bridgehead atoms. The quantitative estimate of drug-likeness (QED) is 0.880. The SMILES string of the molecule is COc1cc(NCc2cccc(F)c2)ccn1. The predicted molar refractivity (Wildman–Crippen MR) is 64.5 cm³/mol. The smallest absolute Gasteiger partial charge is 0.214 e. The molecule has 2 aromatic rings. The third kappa shape index (κ3) is 3.17. The monoisotopic (exact) mass is 232 g/mol. The van der Waals surface area contributed by atoms with Gasteiger partial charge in [0.25, 0.3) is 0 Å². The Morgan fingerprint density at radius 2 is 2.18 bits per heavy atom. The zero-order valence-corrected chi connectivity index (χ0v) is 9.48. The van der Waals surface area contributed by atoms with Crippen molar-refractivity contribution < 1.29 is 9.13 Å². The summed E-state index contributed by atoms with van der Waals surface area (Å²) in [6, 6.07) is 10.1. The van der Waals surface area contributed by atoms with E-state index in [0.717, 1.165) is 11.3 Å². The molecule has 2 rings (SSSR count). The van der Waals surface area contributed by atoms with Crippen LogP contribution in [0.3, 0.4) is 0 Å². The highest BCUT2D eigenvalue weighted by Gasteiger charge is 1.98. The largest absolute Gasteiger partial charge is 0.481 e. The number of anilines is 1. The number of hydrogen-bond donors (Lipinski definition) is 1. The van der Waals surface area contributed by atoms with Crippen molar-refractivity contribution in [1.29, 1.82) is 0 Å². The molecule has 0 aliphatic rings. The summed E-state index contributed by atoms with van der Waals surface area (Å²) in [5.41, 5.74) is 1.78. The summed E-state index contributed by atoms with van der Waals surface area (Å²) >= 11 is 0. The molecule has 0 aliphatic heterocycles. The van der Waals surface area contributed by atoms with Crippen LogP contribution in [0.5, 0.6) is 5.88 Å². The number of ether oxygens (including phenoxy) is 1. The lowest BCUT2D eigenvalue weighted by atomic mass is 10.2. The van der Waals surface area contributed by atoms with E-state index in [-0.39, 0.29) is 5.82 Å². The fourth-order valence-corrected chi connectivity index (χ4v) is 1.48. The van der Waals surface area contributed by atoms with E-state index in [4.69, 9.17) is 4.74 Å². The van der Waals surface area contributed by atoms with Crippen molar-refractivity contribution in [2.24, 2.45) is 0 Å². The average molecular weight is 232 g/mol. The van der Waals surface area contributed by atoms with Gasteiger partial charge in [0.2, 0.25) is 5.88 Å². The Balaban J connectivity index is 2.02. The van der Waals surface area contributed by atoms with Gasteiger partial charge >= 0.3 is 0 Å². The topological polar surface area (TPSA) is 34.1 Å². The van der Waals surface area contributed by atoms with E-state index in [2.05, 4.69) is 10.3 Å². The highest BCUT2D eigenvalue weighted by Crippen LogP contribution is 2.14. The fourth-order valence-electron chi connectivity index (χ4n) is 1.48. The van der Waals surface area contributed by atoms with E-state index >= 15 is 0 Å². The Morgan fingerprint density at radius 3 is 2.94 bits per heavy atom. The summed E-state index contributed by atoms with van der Waals surface area (Å²) in [6.45, 7) is 0.560. The molecule has 0 aliphatic carbocycles. The molecule has 0 saturated heterocycles. The number of nitrogens with one attached hydrogen (secondary N) is 1. The van der Waals surface area contributed by atoms with E-state index in [1.807, 2.05) is 12.1 Å². The predicted octanol–water partition coefficient (Wildman–Crippen LogP) is 2.84. The van der Waals surface area contributed by atoms with Crippen LogP contribution in [0.4, 0.5) is 10.1 Å². The lowest BCUT2D eigenvalue weighted by Gasteiger charge is -2.07. The lowest BCUT2D eigenvalue weighted by Crippen LogP contribution is -2.00.